The average Bonchev–Trinajstić information content (AvgIpc) is 2.92. The minimum absolute atomic E-state index is 0.0333. The molecular formula is C14H14F2N2O2. The Hall–Kier alpha value is -2.21. The van der Waals surface area contributed by atoms with E-state index in [1.54, 1.807) is 12.3 Å². The van der Waals surface area contributed by atoms with E-state index >= 15 is 0 Å². The number of hydrogen-bond acceptors (Lipinski definition) is 3. The van der Waals surface area contributed by atoms with Crippen molar-refractivity contribution in [1.82, 2.24) is 5.32 Å². The van der Waals surface area contributed by atoms with Gasteiger partial charge in [0.25, 0.3) is 0 Å². The molecule has 1 heterocycles. The van der Waals surface area contributed by atoms with E-state index < -0.39 is 23.2 Å². The van der Waals surface area contributed by atoms with Crippen molar-refractivity contribution in [3.05, 3.63) is 54.0 Å². The largest absolute Gasteiger partial charge is 0.469 e. The molecule has 2 rings (SSSR count). The maximum atomic E-state index is 13.3. The van der Waals surface area contributed by atoms with Crippen LogP contribution in [0.2, 0.25) is 0 Å². The predicted molar refractivity (Wildman–Crippen MR) is 70.3 cm³/mol. The van der Waals surface area contributed by atoms with Gasteiger partial charge in [-0.3, -0.25) is 4.79 Å². The third kappa shape index (κ3) is 3.89. The number of hydrogen-bond donors (Lipinski definition) is 2. The van der Waals surface area contributed by atoms with E-state index in [2.05, 4.69) is 10.6 Å². The molecule has 0 unspecified atom stereocenters. The summed E-state index contributed by atoms with van der Waals surface area (Å²) in [4.78, 5) is 11.5. The Morgan fingerprint density at radius 3 is 2.55 bits per heavy atom. The van der Waals surface area contributed by atoms with Crippen LogP contribution < -0.4 is 10.6 Å². The van der Waals surface area contributed by atoms with Gasteiger partial charge in [0.05, 0.1) is 12.8 Å². The molecule has 2 N–H and O–H groups in total. The molecule has 20 heavy (non-hydrogen) atoms. The molecule has 0 aliphatic heterocycles. The van der Waals surface area contributed by atoms with Crippen LogP contribution in [0.4, 0.5) is 14.5 Å². The van der Waals surface area contributed by atoms with Gasteiger partial charge in [-0.15, -0.1) is 0 Å². The van der Waals surface area contributed by atoms with Crippen molar-refractivity contribution in [1.29, 1.82) is 0 Å². The molecule has 0 bridgehead atoms. The lowest BCUT2D eigenvalue weighted by Gasteiger charge is -2.08. The van der Waals surface area contributed by atoms with Gasteiger partial charge in [0.2, 0.25) is 5.91 Å². The van der Waals surface area contributed by atoms with Gasteiger partial charge in [0.15, 0.2) is 0 Å². The standard InChI is InChI=1S/C14H14F2N2O2/c15-11-4-1-5-12(16)14(11)18-13(19)9-17-7-6-10-3-2-8-20-10/h1-5,8,17H,6-7,9H2,(H,18,19). The minimum atomic E-state index is -0.797. The molecule has 0 spiro atoms. The number of carbonyl (C=O) groups excluding carboxylic acids is 1. The minimum Gasteiger partial charge on any atom is -0.469 e. The van der Waals surface area contributed by atoms with E-state index in [0.29, 0.717) is 13.0 Å². The van der Waals surface area contributed by atoms with Gasteiger partial charge >= 0.3 is 0 Å². The van der Waals surface area contributed by atoms with E-state index in [4.69, 9.17) is 4.42 Å². The zero-order chi connectivity index (χ0) is 14.4. The van der Waals surface area contributed by atoms with Gasteiger partial charge in [0, 0.05) is 13.0 Å². The first-order valence-electron chi connectivity index (χ1n) is 6.14. The SMILES string of the molecule is O=C(CNCCc1ccco1)Nc1c(F)cccc1F. The van der Waals surface area contributed by atoms with Crippen LogP contribution in [0.25, 0.3) is 0 Å². The van der Waals surface area contributed by atoms with E-state index in [-0.39, 0.29) is 6.54 Å². The van der Waals surface area contributed by atoms with Crippen molar-refractivity contribution >= 4 is 11.6 Å². The fourth-order valence-electron chi connectivity index (χ4n) is 1.67. The van der Waals surface area contributed by atoms with Crippen LogP contribution in [0.5, 0.6) is 0 Å². The molecular weight excluding hydrogens is 266 g/mol. The van der Waals surface area contributed by atoms with Crippen LogP contribution in [0.3, 0.4) is 0 Å². The number of para-hydroxylation sites is 1. The number of anilines is 1. The molecule has 6 heteroatoms. The number of rotatable bonds is 6. The Morgan fingerprint density at radius 1 is 1.15 bits per heavy atom. The molecule has 0 saturated carbocycles. The fraction of sp³-hybridized carbons (Fsp3) is 0.214. The van der Waals surface area contributed by atoms with Crippen molar-refractivity contribution < 1.29 is 18.0 Å². The first-order chi connectivity index (χ1) is 9.66. The molecule has 0 radical (unpaired) electrons. The summed E-state index contributed by atoms with van der Waals surface area (Å²) in [6, 6.07) is 7.02. The second kappa shape index (κ2) is 6.81. The third-order valence-electron chi connectivity index (χ3n) is 2.64. The summed E-state index contributed by atoms with van der Waals surface area (Å²) >= 11 is 0. The van der Waals surface area contributed by atoms with Crippen LogP contribution in [0.1, 0.15) is 5.76 Å². The average molecular weight is 280 g/mol. The van der Waals surface area contributed by atoms with Gasteiger partial charge < -0.3 is 15.1 Å². The second-order valence-electron chi connectivity index (χ2n) is 4.15. The lowest BCUT2D eigenvalue weighted by molar-refractivity contribution is -0.115. The van der Waals surface area contributed by atoms with Crippen molar-refractivity contribution in [2.24, 2.45) is 0 Å². The molecule has 0 fully saturated rings. The number of benzene rings is 1. The number of carbonyl (C=O) groups is 1. The molecule has 4 nitrogen and oxygen atoms in total. The van der Waals surface area contributed by atoms with Crippen molar-refractivity contribution in [2.45, 2.75) is 6.42 Å². The third-order valence-corrected chi connectivity index (χ3v) is 2.64. The number of furan rings is 1. The number of halogens is 2. The highest BCUT2D eigenvalue weighted by Gasteiger charge is 2.11. The van der Waals surface area contributed by atoms with Gasteiger partial charge in [-0.1, -0.05) is 6.07 Å². The molecule has 1 aromatic heterocycles. The number of amides is 1. The van der Waals surface area contributed by atoms with Crippen molar-refractivity contribution in [3.63, 3.8) is 0 Å². The topological polar surface area (TPSA) is 54.3 Å². The van der Waals surface area contributed by atoms with Crippen LogP contribution in [0, 0.1) is 11.6 Å². The van der Waals surface area contributed by atoms with E-state index in [1.165, 1.54) is 6.07 Å². The summed E-state index contributed by atoms with van der Waals surface area (Å²) in [5, 5.41) is 5.06. The van der Waals surface area contributed by atoms with Gasteiger partial charge in [-0.25, -0.2) is 8.78 Å². The molecule has 0 aliphatic carbocycles. The molecule has 1 amide bonds. The summed E-state index contributed by atoms with van der Waals surface area (Å²) in [5.41, 5.74) is -0.426. The monoisotopic (exact) mass is 280 g/mol. The first kappa shape index (κ1) is 14.2. The summed E-state index contributed by atoms with van der Waals surface area (Å²) in [6.45, 7) is 0.495. The highest BCUT2D eigenvalue weighted by Crippen LogP contribution is 2.17. The van der Waals surface area contributed by atoms with Gasteiger partial charge in [0.1, 0.15) is 23.1 Å². The Bertz CT molecular complexity index is 550. The van der Waals surface area contributed by atoms with Crippen molar-refractivity contribution in [3.8, 4) is 0 Å². The zero-order valence-corrected chi connectivity index (χ0v) is 10.7. The molecule has 2 aromatic rings. The second-order valence-corrected chi connectivity index (χ2v) is 4.15. The zero-order valence-electron chi connectivity index (χ0n) is 10.7. The maximum Gasteiger partial charge on any atom is 0.238 e. The van der Waals surface area contributed by atoms with E-state index in [1.807, 2.05) is 6.07 Å². The fourth-order valence-corrected chi connectivity index (χ4v) is 1.67. The predicted octanol–water partition coefficient (Wildman–Crippen LogP) is 2.33. The highest BCUT2D eigenvalue weighted by atomic mass is 19.1. The van der Waals surface area contributed by atoms with Gasteiger partial charge in [-0.05, 0) is 24.3 Å². The highest BCUT2D eigenvalue weighted by molar-refractivity contribution is 5.92. The van der Waals surface area contributed by atoms with Crippen LogP contribution >= 0.6 is 0 Å². The van der Waals surface area contributed by atoms with Crippen molar-refractivity contribution in [2.75, 3.05) is 18.4 Å². The molecule has 0 atom stereocenters. The summed E-state index contributed by atoms with van der Waals surface area (Å²) < 4.78 is 31.7. The quantitative estimate of drug-likeness (QED) is 0.798. The maximum absolute atomic E-state index is 13.3. The Balaban J connectivity index is 1.75. The Labute approximate surface area is 114 Å². The lowest BCUT2D eigenvalue weighted by atomic mass is 10.3. The Kier molecular flexibility index (Phi) is 4.84. The number of nitrogens with one attached hydrogen (secondary N) is 2. The summed E-state index contributed by atoms with van der Waals surface area (Å²) in [6.07, 6.45) is 2.21. The van der Waals surface area contributed by atoms with E-state index in [9.17, 15) is 13.6 Å². The normalized spacial score (nSPS) is 10.5. The summed E-state index contributed by atoms with van der Waals surface area (Å²) in [7, 11) is 0. The molecule has 0 aliphatic rings. The van der Waals surface area contributed by atoms with Crippen LogP contribution in [-0.2, 0) is 11.2 Å². The lowest BCUT2D eigenvalue weighted by Crippen LogP contribution is -2.30. The smallest absolute Gasteiger partial charge is 0.238 e. The first-order valence-corrected chi connectivity index (χ1v) is 6.14. The van der Waals surface area contributed by atoms with E-state index in [0.717, 1.165) is 17.9 Å². The molecule has 1 aromatic carbocycles. The molecule has 106 valence electrons. The Morgan fingerprint density at radius 2 is 1.90 bits per heavy atom. The summed E-state index contributed by atoms with van der Waals surface area (Å²) in [5.74, 6) is -1.30. The van der Waals surface area contributed by atoms with Crippen LogP contribution in [-0.4, -0.2) is 19.0 Å². The van der Waals surface area contributed by atoms with Gasteiger partial charge in [-0.2, -0.15) is 0 Å². The molecule has 0 saturated heterocycles. The van der Waals surface area contributed by atoms with Crippen LogP contribution in [0.15, 0.2) is 41.0 Å².